The van der Waals surface area contributed by atoms with E-state index in [1.165, 1.54) is 21.9 Å². The lowest BCUT2D eigenvalue weighted by Crippen LogP contribution is -1.99. The highest BCUT2D eigenvalue weighted by atomic mass is 14.2. The first kappa shape index (κ1) is 26.9. The molecular formula is C30H38. The molecule has 0 heteroatoms. The van der Waals surface area contributed by atoms with E-state index in [4.69, 9.17) is 0 Å². The average Bonchev–Trinajstić information content (AvgIpc) is 2.82. The molecule has 0 atom stereocenters. The molecule has 0 N–H and O–H groups in total. The number of hydrogen-bond acceptors (Lipinski definition) is 0. The summed E-state index contributed by atoms with van der Waals surface area (Å²) < 4.78 is 0. The molecule has 0 saturated heterocycles. The van der Waals surface area contributed by atoms with E-state index in [-0.39, 0.29) is 0 Å². The van der Waals surface area contributed by atoms with Crippen LogP contribution >= 0.6 is 0 Å². The maximum absolute atomic E-state index is 4.09. The van der Waals surface area contributed by atoms with Crippen LogP contribution < -0.4 is 0 Å². The molecule has 0 spiro atoms. The Balaban J connectivity index is 0.00000198. The van der Waals surface area contributed by atoms with Crippen molar-refractivity contribution in [3.63, 3.8) is 0 Å². The van der Waals surface area contributed by atoms with Gasteiger partial charge in [0.2, 0.25) is 0 Å². The maximum atomic E-state index is 4.09. The van der Waals surface area contributed by atoms with Crippen LogP contribution in [0.3, 0.4) is 0 Å². The first-order valence-corrected chi connectivity index (χ1v) is 10.8. The second-order valence-electron chi connectivity index (χ2n) is 5.84. The monoisotopic (exact) mass is 398 g/mol. The largest absolute Gasteiger partial charge is 0.0990 e. The SMILES string of the molecule is C=C/C=C(\C=C)c1c(C=C)c(C=C)c(C(/C=C\C)=C/C)c2ccccc12.CC.CC. The standard InChI is InChI=1S/C26H26.2C2H6/c1-7-15-19(9-3)25-21(11-5)22(12-6)26(20(10-4)16-8-2)24-18-14-13-17-23(24)25;2*1-2/h7-18H,1,3,5-6H2,2,4H3;2*1-2H3/b16-8-,19-15+,20-10+;;. The minimum absolute atomic E-state index is 1.02. The van der Waals surface area contributed by atoms with Crippen LogP contribution in [0, 0.1) is 0 Å². The fraction of sp³-hybridized carbons (Fsp3) is 0.200. The topological polar surface area (TPSA) is 0 Å². The summed E-state index contributed by atoms with van der Waals surface area (Å²) in [5.74, 6) is 0. The molecule has 0 heterocycles. The van der Waals surface area contributed by atoms with Gasteiger partial charge in [-0.05, 0) is 58.0 Å². The molecule has 2 aromatic carbocycles. The number of hydrogen-bond donors (Lipinski definition) is 0. The van der Waals surface area contributed by atoms with Crippen molar-refractivity contribution in [1.82, 2.24) is 0 Å². The minimum atomic E-state index is 1.02. The number of fused-ring (bicyclic) bond motifs is 1. The third kappa shape index (κ3) is 5.70. The van der Waals surface area contributed by atoms with Gasteiger partial charge in [-0.3, -0.25) is 0 Å². The lowest BCUT2D eigenvalue weighted by Gasteiger charge is -2.20. The van der Waals surface area contributed by atoms with Crippen LogP contribution in [0.4, 0.5) is 0 Å². The Kier molecular flexibility index (Phi) is 13.3. The molecule has 0 aliphatic heterocycles. The Hall–Kier alpha value is -3.12. The molecule has 0 aliphatic rings. The van der Waals surface area contributed by atoms with E-state index in [0.29, 0.717) is 0 Å². The van der Waals surface area contributed by atoms with Gasteiger partial charge in [-0.2, -0.15) is 0 Å². The number of rotatable bonds is 7. The molecular weight excluding hydrogens is 360 g/mol. The van der Waals surface area contributed by atoms with Crippen molar-refractivity contribution < 1.29 is 0 Å². The van der Waals surface area contributed by atoms with Gasteiger partial charge in [0.15, 0.2) is 0 Å². The molecule has 0 amide bonds. The summed E-state index contributed by atoms with van der Waals surface area (Å²) in [5.41, 5.74) is 6.62. The van der Waals surface area contributed by atoms with Crippen LogP contribution in [0.5, 0.6) is 0 Å². The van der Waals surface area contributed by atoms with Crippen molar-refractivity contribution in [3.05, 3.63) is 109 Å². The van der Waals surface area contributed by atoms with E-state index >= 15 is 0 Å². The average molecular weight is 399 g/mol. The zero-order valence-electron chi connectivity index (χ0n) is 19.8. The Bertz CT molecular complexity index is 959. The van der Waals surface area contributed by atoms with Crippen LogP contribution in [0.2, 0.25) is 0 Å². The summed E-state index contributed by atoms with van der Waals surface area (Å²) >= 11 is 0. The Labute approximate surface area is 185 Å². The van der Waals surface area contributed by atoms with Gasteiger partial charge in [-0.15, -0.1) is 0 Å². The highest BCUT2D eigenvalue weighted by molar-refractivity contribution is 6.08. The van der Waals surface area contributed by atoms with Crippen molar-refractivity contribution in [1.29, 1.82) is 0 Å². The normalized spacial score (nSPS) is 11.1. The summed E-state index contributed by atoms with van der Waals surface area (Å²) in [6.07, 6.45) is 15.8. The van der Waals surface area contributed by atoms with Crippen LogP contribution in [-0.2, 0) is 0 Å². The Morgan fingerprint density at radius 3 is 1.53 bits per heavy atom. The van der Waals surface area contributed by atoms with Crippen molar-refractivity contribution in [2.45, 2.75) is 41.5 Å². The van der Waals surface area contributed by atoms with Gasteiger partial charge >= 0.3 is 0 Å². The molecule has 0 aromatic heterocycles. The molecule has 0 fully saturated rings. The van der Waals surface area contributed by atoms with Crippen LogP contribution in [-0.4, -0.2) is 0 Å². The second kappa shape index (κ2) is 14.8. The van der Waals surface area contributed by atoms with E-state index in [2.05, 4.69) is 75.7 Å². The maximum Gasteiger partial charge on any atom is -0.00268 e. The minimum Gasteiger partial charge on any atom is -0.0990 e. The summed E-state index contributed by atoms with van der Waals surface area (Å²) in [5, 5.41) is 2.35. The molecule has 0 nitrogen and oxygen atoms in total. The van der Waals surface area contributed by atoms with Gasteiger partial charge < -0.3 is 0 Å². The molecule has 158 valence electrons. The van der Waals surface area contributed by atoms with Crippen LogP contribution in [0.15, 0.2) is 87.0 Å². The van der Waals surface area contributed by atoms with E-state index < -0.39 is 0 Å². The van der Waals surface area contributed by atoms with Crippen LogP contribution in [0.1, 0.15) is 63.8 Å². The molecule has 0 unspecified atom stereocenters. The lowest BCUT2D eigenvalue weighted by molar-refractivity contribution is 1.50. The second-order valence-corrected chi connectivity index (χ2v) is 5.84. The third-order valence-electron chi connectivity index (χ3n) is 4.45. The van der Waals surface area contributed by atoms with Gasteiger partial charge in [-0.1, -0.05) is 127 Å². The highest BCUT2D eigenvalue weighted by Gasteiger charge is 2.18. The highest BCUT2D eigenvalue weighted by Crippen LogP contribution is 2.40. The van der Waals surface area contributed by atoms with E-state index in [1.807, 2.05) is 58.9 Å². The summed E-state index contributed by atoms with van der Waals surface area (Å²) in [7, 11) is 0. The van der Waals surface area contributed by atoms with E-state index in [1.54, 1.807) is 6.08 Å². The number of allylic oxidation sites excluding steroid dienone is 8. The smallest absolute Gasteiger partial charge is 0.00268 e. The molecule has 0 radical (unpaired) electrons. The van der Waals surface area contributed by atoms with Crippen LogP contribution in [0.25, 0.3) is 34.1 Å². The first-order chi connectivity index (χ1) is 14.7. The molecule has 30 heavy (non-hydrogen) atoms. The zero-order chi connectivity index (χ0) is 23.1. The van der Waals surface area contributed by atoms with Crippen molar-refractivity contribution in [2.24, 2.45) is 0 Å². The predicted octanol–water partition coefficient (Wildman–Crippen LogP) is 9.91. The quantitative estimate of drug-likeness (QED) is 0.407. The molecule has 0 saturated carbocycles. The van der Waals surface area contributed by atoms with E-state index in [9.17, 15) is 0 Å². The fourth-order valence-electron chi connectivity index (χ4n) is 3.41. The molecule has 2 aromatic rings. The lowest BCUT2D eigenvalue weighted by atomic mass is 9.83. The Morgan fingerprint density at radius 1 is 0.733 bits per heavy atom. The van der Waals surface area contributed by atoms with Gasteiger partial charge in [-0.25, -0.2) is 0 Å². The van der Waals surface area contributed by atoms with Gasteiger partial charge in [0.1, 0.15) is 0 Å². The molecule has 2 rings (SSSR count). The van der Waals surface area contributed by atoms with Crippen molar-refractivity contribution >= 4 is 34.1 Å². The molecule has 0 aliphatic carbocycles. The predicted molar refractivity (Wildman–Crippen MR) is 144 cm³/mol. The number of benzene rings is 2. The molecule has 0 bridgehead atoms. The van der Waals surface area contributed by atoms with Gasteiger partial charge in [0.25, 0.3) is 0 Å². The van der Waals surface area contributed by atoms with Gasteiger partial charge in [0, 0.05) is 0 Å². The first-order valence-electron chi connectivity index (χ1n) is 10.8. The summed E-state index contributed by atoms with van der Waals surface area (Å²) in [6.45, 7) is 28.1. The zero-order valence-corrected chi connectivity index (χ0v) is 19.8. The van der Waals surface area contributed by atoms with Crippen molar-refractivity contribution in [2.75, 3.05) is 0 Å². The van der Waals surface area contributed by atoms with Gasteiger partial charge in [0.05, 0.1) is 0 Å². The van der Waals surface area contributed by atoms with E-state index in [0.717, 1.165) is 22.3 Å². The third-order valence-corrected chi connectivity index (χ3v) is 4.45. The summed E-state index contributed by atoms with van der Waals surface area (Å²) in [6, 6.07) is 8.45. The van der Waals surface area contributed by atoms with Crippen molar-refractivity contribution in [3.8, 4) is 0 Å². The Morgan fingerprint density at radius 2 is 1.20 bits per heavy atom. The fourth-order valence-corrected chi connectivity index (χ4v) is 3.41. The summed E-state index contributed by atoms with van der Waals surface area (Å²) in [4.78, 5) is 0.